The summed E-state index contributed by atoms with van der Waals surface area (Å²) in [6.45, 7) is 0.454. The highest BCUT2D eigenvalue weighted by Crippen LogP contribution is 2.22. The first-order valence-corrected chi connectivity index (χ1v) is 7.68. The van der Waals surface area contributed by atoms with Crippen molar-refractivity contribution in [2.45, 2.75) is 6.54 Å². The first kappa shape index (κ1) is 15.5. The Bertz CT molecular complexity index is 996. The minimum atomic E-state index is 0.180. The Morgan fingerprint density at radius 2 is 1.81 bits per heavy atom. The van der Waals surface area contributed by atoms with Crippen LogP contribution in [0.15, 0.2) is 54.6 Å². The highest BCUT2D eigenvalue weighted by Gasteiger charge is 2.11. The van der Waals surface area contributed by atoms with E-state index >= 15 is 0 Å². The molecule has 0 radical (unpaired) electrons. The Morgan fingerprint density at radius 3 is 2.62 bits per heavy atom. The molecular weight excluding hydrogens is 336 g/mol. The number of nitrogens with zero attached hydrogens (tertiary/aromatic N) is 8. The summed E-state index contributed by atoms with van der Waals surface area (Å²) in [6, 6.07) is 17.2. The third-order valence-electron chi connectivity index (χ3n) is 3.48. The van der Waals surface area contributed by atoms with Crippen molar-refractivity contribution in [2.75, 3.05) is 11.2 Å². The fraction of sp³-hybridized carbons (Fsp3) is 0.0667. The normalized spacial score (nSPS) is 10.6. The van der Waals surface area contributed by atoms with Crippen LogP contribution in [0.5, 0.6) is 11.8 Å². The Hall–Kier alpha value is -4.02. The molecular formula is C15H14N10O. The Balaban J connectivity index is 1.50. The second kappa shape index (κ2) is 6.84. The predicted molar refractivity (Wildman–Crippen MR) is 91.0 cm³/mol. The van der Waals surface area contributed by atoms with Crippen molar-refractivity contribution in [1.29, 1.82) is 0 Å². The summed E-state index contributed by atoms with van der Waals surface area (Å²) in [5, 5.41) is 22.4. The molecule has 0 aliphatic rings. The topological polar surface area (TPSA) is 134 Å². The molecule has 26 heavy (non-hydrogen) atoms. The summed E-state index contributed by atoms with van der Waals surface area (Å²) < 4.78 is 7.35. The van der Waals surface area contributed by atoms with Crippen LogP contribution in [-0.4, -0.2) is 40.5 Å². The van der Waals surface area contributed by atoms with Gasteiger partial charge in [0, 0.05) is 0 Å². The molecule has 0 aliphatic carbocycles. The highest BCUT2D eigenvalue weighted by molar-refractivity contribution is 5.35. The van der Waals surface area contributed by atoms with Gasteiger partial charge < -0.3 is 15.9 Å². The van der Waals surface area contributed by atoms with E-state index < -0.39 is 0 Å². The van der Waals surface area contributed by atoms with Gasteiger partial charge in [0.1, 0.15) is 5.75 Å². The Labute approximate surface area is 147 Å². The Kier molecular flexibility index (Phi) is 4.08. The van der Waals surface area contributed by atoms with Crippen molar-refractivity contribution in [3.8, 4) is 17.4 Å². The lowest BCUT2D eigenvalue weighted by Crippen LogP contribution is -2.18. The lowest BCUT2D eigenvalue weighted by molar-refractivity contribution is 0.427. The zero-order valence-electron chi connectivity index (χ0n) is 13.5. The first-order chi connectivity index (χ1) is 12.8. The van der Waals surface area contributed by atoms with E-state index in [1.165, 1.54) is 9.47 Å². The largest absolute Gasteiger partial charge is 0.423 e. The standard InChI is InChI=1S/C15H14N10O/c16-14-18-20-23-25(14)17-10-11-5-4-8-13(9-11)26-15-19-21-22-24(15)12-6-2-1-3-7-12/h1-9,17H,10H2,(H2,16,18,23). The average Bonchev–Trinajstić information content (AvgIpc) is 3.30. The van der Waals surface area contributed by atoms with Crippen molar-refractivity contribution in [1.82, 2.24) is 40.5 Å². The van der Waals surface area contributed by atoms with Crippen LogP contribution in [0.2, 0.25) is 0 Å². The van der Waals surface area contributed by atoms with Crippen LogP contribution in [0.1, 0.15) is 5.56 Å². The zero-order chi connectivity index (χ0) is 17.8. The molecule has 2 heterocycles. The van der Waals surface area contributed by atoms with Gasteiger partial charge in [-0.3, -0.25) is 0 Å². The van der Waals surface area contributed by atoms with Crippen molar-refractivity contribution >= 4 is 5.95 Å². The number of hydrogen-bond donors (Lipinski definition) is 2. The van der Waals surface area contributed by atoms with Crippen LogP contribution in [0.4, 0.5) is 5.95 Å². The van der Waals surface area contributed by atoms with Gasteiger partial charge in [-0.15, -0.1) is 4.79 Å². The average molecular weight is 350 g/mol. The molecule has 0 saturated heterocycles. The second-order valence-electron chi connectivity index (χ2n) is 5.24. The molecule has 0 atom stereocenters. The number of anilines is 1. The van der Waals surface area contributed by atoms with Crippen LogP contribution in [0.25, 0.3) is 5.69 Å². The van der Waals surface area contributed by atoms with Gasteiger partial charge in [-0.25, -0.2) is 0 Å². The third-order valence-corrected chi connectivity index (χ3v) is 3.48. The van der Waals surface area contributed by atoms with Gasteiger partial charge in [0.05, 0.1) is 12.2 Å². The third kappa shape index (κ3) is 3.26. The number of rotatable bonds is 6. The number of nitrogens with one attached hydrogen (secondary N) is 1. The van der Waals surface area contributed by atoms with E-state index in [4.69, 9.17) is 10.5 Å². The molecule has 0 spiro atoms. The number of hydrogen-bond acceptors (Lipinski definition) is 9. The number of tetrazole rings is 2. The van der Waals surface area contributed by atoms with Gasteiger partial charge in [0.15, 0.2) is 0 Å². The summed E-state index contributed by atoms with van der Waals surface area (Å²) in [6.07, 6.45) is 0. The maximum atomic E-state index is 5.83. The molecule has 4 rings (SSSR count). The molecule has 130 valence electrons. The van der Waals surface area contributed by atoms with E-state index in [-0.39, 0.29) is 12.0 Å². The number of para-hydroxylation sites is 1. The molecule has 2 aromatic heterocycles. The van der Waals surface area contributed by atoms with Crippen molar-refractivity contribution in [2.24, 2.45) is 0 Å². The summed E-state index contributed by atoms with van der Waals surface area (Å²) in [7, 11) is 0. The number of benzene rings is 2. The quantitative estimate of drug-likeness (QED) is 0.517. The summed E-state index contributed by atoms with van der Waals surface area (Å²) in [4.78, 5) is 1.30. The van der Waals surface area contributed by atoms with Crippen LogP contribution in [-0.2, 0) is 6.54 Å². The molecule has 0 amide bonds. The van der Waals surface area contributed by atoms with E-state index in [1.54, 1.807) is 0 Å². The lowest BCUT2D eigenvalue weighted by Gasteiger charge is -2.09. The van der Waals surface area contributed by atoms with Crippen LogP contribution in [0.3, 0.4) is 0 Å². The second-order valence-corrected chi connectivity index (χ2v) is 5.24. The van der Waals surface area contributed by atoms with E-state index in [2.05, 4.69) is 36.5 Å². The molecule has 0 aliphatic heterocycles. The van der Waals surface area contributed by atoms with Gasteiger partial charge in [-0.1, -0.05) is 40.5 Å². The molecule has 11 nitrogen and oxygen atoms in total. The smallest absolute Gasteiger partial charge is 0.345 e. The molecule has 0 unspecified atom stereocenters. The lowest BCUT2D eigenvalue weighted by atomic mass is 10.2. The van der Waals surface area contributed by atoms with Crippen LogP contribution < -0.4 is 15.9 Å². The van der Waals surface area contributed by atoms with Crippen molar-refractivity contribution in [3.63, 3.8) is 0 Å². The Morgan fingerprint density at radius 1 is 0.962 bits per heavy atom. The monoisotopic (exact) mass is 350 g/mol. The maximum absolute atomic E-state index is 5.83. The van der Waals surface area contributed by atoms with Gasteiger partial charge in [-0.05, 0) is 50.7 Å². The SMILES string of the molecule is Nc1nnnn1NCc1cccc(Oc2nnnn2-c2ccccc2)c1. The molecule has 3 N–H and O–H groups in total. The van der Waals surface area contributed by atoms with Crippen molar-refractivity contribution in [3.05, 3.63) is 60.2 Å². The van der Waals surface area contributed by atoms with E-state index in [1.807, 2.05) is 54.6 Å². The molecule has 11 heteroatoms. The fourth-order valence-corrected chi connectivity index (χ4v) is 2.27. The van der Waals surface area contributed by atoms with Crippen LogP contribution in [0, 0.1) is 0 Å². The summed E-state index contributed by atoms with van der Waals surface area (Å²) in [5.74, 6) is 0.778. The van der Waals surface area contributed by atoms with Crippen LogP contribution >= 0.6 is 0 Å². The molecule has 2 aromatic carbocycles. The van der Waals surface area contributed by atoms with Gasteiger partial charge >= 0.3 is 6.01 Å². The minimum Gasteiger partial charge on any atom is -0.423 e. The number of nitrogens with two attached hydrogens (primary N) is 1. The molecule has 0 bridgehead atoms. The maximum Gasteiger partial charge on any atom is 0.345 e. The minimum absolute atomic E-state index is 0.180. The van der Waals surface area contributed by atoms with Gasteiger partial charge in [-0.2, -0.15) is 4.68 Å². The van der Waals surface area contributed by atoms with Crippen molar-refractivity contribution < 1.29 is 4.74 Å². The summed E-state index contributed by atoms with van der Waals surface area (Å²) >= 11 is 0. The highest BCUT2D eigenvalue weighted by atomic mass is 16.5. The zero-order valence-corrected chi connectivity index (χ0v) is 13.5. The fourth-order valence-electron chi connectivity index (χ4n) is 2.27. The number of ether oxygens (including phenoxy) is 1. The first-order valence-electron chi connectivity index (χ1n) is 7.68. The molecule has 0 fully saturated rings. The number of nitrogen functional groups attached to an aromatic ring is 1. The number of aromatic nitrogens is 8. The summed E-state index contributed by atoms with van der Waals surface area (Å²) in [5.41, 5.74) is 10.3. The van der Waals surface area contributed by atoms with E-state index in [9.17, 15) is 0 Å². The molecule has 4 aromatic rings. The predicted octanol–water partition coefficient (Wildman–Crippen LogP) is 0.767. The van der Waals surface area contributed by atoms with E-state index in [0.29, 0.717) is 12.3 Å². The molecule has 0 saturated carbocycles. The van der Waals surface area contributed by atoms with Gasteiger partial charge in [0.2, 0.25) is 0 Å². The van der Waals surface area contributed by atoms with E-state index in [0.717, 1.165) is 11.3 Å². The van der Waals surface area contributed by atoms with Gasteiger partial charge in [0.25, 0.3) is 5.95 Å².